The molecule has 0 unspecified atom stereocenters. The molecule has 1 saturated heterocycles. The molecule has 1 aromatic carbocycles. The van der Waals surface area contributed by atoms with Gasteiger partial charge in [-0.1, -0.05) is 18.2 Å². The van der Waals surface area contributed by atoms with Crippen molar-refractivity contribution in [1.29, 1.82) is 0 Å². The number of rotatable bonds is 5. The van der Waals surface area contributed by atoms with Crippen molar-refractivity contribution in [2.24, 2.45) is 5.92 Å². The van der Waals surface area contributed by atoms with E-state index in [1.807, 2.05) is 29.2 Å². The van der Waals surface area contributed by atoms with Crippen LogP contribution in [0.25, 0.3) is 11.0 Å². The Bertz CT molecular complexity index is 684. The maximum absolute atomic E-state index is 12.6. The molecule has 6 heteroatoms. The molecule has 1 aromatic heterocycles. The van der Waals surface area contributed by atoms with Gasteiger partial charge in [0, 0.05) is 32.1 Å². The lowest BCUT2D eigenvalue weighted by Gasteiger charge is -2.31. The Morgan fingerprint density at radius 1 is 1.29 bits per heavy atom. The Morgan fingerprint density at radius 2 is 2.04 bits per heavy atom. The Balaban J connectivity index is 1.52. The van der Waals surface area contributed by atoms with Crippen molar-refractivity contribution in [1.82, 2.24) is 10.2 Å². The molecule has 1 aliphatic rings. The van der Waals surface area contributed by atoms with E-state index in [1.54, 1.807) is 6.07 Å². The van der Waals surface area contributed by atoms with Crippen LogP contribution in [0.4, 0.5) is 0 Å². The summed E-state index contributed by atoms with van der Waals surface area (Å²) in [7, 11) is 1.50. The number of para-hydroxylation sites is 1. The van der Waals surface area contributed by atoms with Gasteiger partial charge in [0.15, 0.2) is 5.76 Å². The number of furan rings is 1. The molecule has 0 aliphatic carbocycles. The smallest absolute Gasteiger partial charge is 0.289 e. The molecule has 1 N–H and O–H groups in total. The highest BCUT2D eigenvalue weighted by Crippen LogP contribution is 2.23. The normalized spacial score (nSPS) is 15.6. The van der Waals surface area contributed by atoms with Crippen LogP contribution in [0.15, 0.2) is 34.7 Å². The SMILES string of the molecule is COCC(=O)NCC1CCN(C(=O)c2cc3ccccc3o2)CC1. The third-order valence-electron chi connectivity index (χ3n) is 4.40. The van der Waals surface area contributed by atoms with Crippen LogP contribution in [0.3, 0.4) is 0 Å². The molecule has 2 aromatic rings. The highest BCUT2D eigenvalue weighted by atomic mass is 16.5. The molecular weight excluding hydrogens is 308 g/mol. The van der Waals surface area contributed by atoms with E-state index >= 15 is 0 Å². The van der Waals surface area contributed by atoms with Crippen molar-refractivity contribution in [3.8, 4) is 0 Å². The number of methoxy groups -OCH3 is 1. The summed E-state index contributed by atoms with van der Waals surface area (Å²) in [6.07, 6.45) is 1.75. The molecule has 2 amide bonds. The standard InChI is InChI=1S/C18H22N2O4/c1-23-12-17(21)19-11-13-6-8-20(9-7-13)18(22)16-10-14-4-2-3-5-15(14)24-16/h2-5,10,13H,6-9,11-12H2,1H3,(H,19,21). The number of hydrogen-bond acceptors (Lipinski definition) is 4. The zero-order valence-corrected chi connectivity index (χ0v) is 13.8. The van der Waals surface area contributed by atoms with E-state index in [0.717, 1.165) is 23.8 Å². The maximum Gasteiger partial charge on any atom is 0.289 e. The molecule has 0 radical (unpaired) electrons. The lowest BCUT2D eigenvalue weighted by atomic mass is 9.96. The van der Waals surface area contributed by atoms with E-state index in [9.17, 15) is 9.59 Å². The largest absolute Gasteiger partial charge is 0.451 e. The number of ether oxygens (including phenoxy) is 1. The third-order valence-corrected chi connectivity index (χ3v) is 4.40. The number of benzene rings is 1. The minimum Gasteiger partial charge on any atom is -0.451 e. The first-order chi connectivity index (χ1) is 11.7. The van der Waals surface area contributed by atoms with Gasteiger partial charge in [0.2, 0.25) is 5.91 Å². The Labute approximate surface area is 140 Å². The number of fused-ring (bicyclic) bond motifs is 1. The van der Waals surface area contributed by atoms with Gasteiger partial charge in [-0.15, -0.1) is 0 Å². The van der Waals surface area contributed by atoms with E-state index in [1.165, 1.54) is 7.11 Å². The molecular formula is C18H22N2O4. The first kappa shape index (κ1) is 16.5. The van der Waals surface area contributed by atoms with Crippen LogP contribution in [0.5, 0.6) is 0 Å². The van der Waals surface area contributed by atoms with Crippen molar-refractivity contribution < 1.29 is 18.7 Å². The summed E-state index contributed by atoms with van der Waals surface area (Å²) in [5, 5.41) is 3.80. The van der Waals surface area contributed by atoms with Crippen LogP contribution < -0.4 is 5.32 Å². The van der Waals surface area contributed by atoms with Crippen molar-refractivity contribution in [3.05, 3.63) is 36.1 Å². The van der Waals surface area contributed by atoms with Gasteiger partial charge in [0.1, 0.15) is 12.2 Å². The first-order valence-electron chi connectivity index (χ1n) is 8.21. The van der Waals surface area contributed by atoms with E-state index in [4.69, 9.17) is 9.15 Å². The maximum atomic E-state index is 12.6. The van der Waals surface area contributed by atoms with Crippen molar-refractivity contribution in [2.45, 2.75) is 12.8 Å². The summed E-state index contributed by atoms with van der Waals surface area (Å²) in [6, 6.07) is 9.42. The number of carbonyl (C=O) groups excluding carboxylic acids is 2. The molecule has 3 rings (SSSR count). The van der Waals surface area contributed by atoms with Gasteiger partial charge in [0.05, 0.1) is 0 Å². The lowest BCUT2D eigenvalue weighted by molar-refractivity contribution is -0.125. The average molecular weight is 330 g/mol. The molecule has 1 fully saturated rings. The second-order valence-electron chi connectivity index (χ2n) is 6.12. The number of piperidine rings is 1. The van der Waals surface area contributed by atoms with Gasteiger partial charge in [-0.2, -0.15) is 0 Å². The summed E-state index contributed by atoms with van der Waals surface area (Å²) < 4.78 is 10.4. The minimum absolute atomic E-state index is 0.0620. The molecule has 128 valence electrons. The number of nitrogens with one attached hydrogen (secondary N) is 1. The minimum atomic E-state index is -0.0988. The molecule has 6 nitrogen and oxygen atoms in total. The van der Waals surface area contributed by atoms with Gasteiger partial charge < -0.3 is 19.4 Å². The highest BCUT2D eigenvalue weighted by Gasteiger charge is 2.25. The summed E-state index contributed by atoms with van der Waals surface area (Å²) >= 11 is 0. The molecule has 2 heterocycles. The zero-order valence-electron chi connectivity index (χ0n) is 13.8. The molecule has 0 atom stereocenters. The fourth-order valence-corrected chi connectivity index (χ4v) is 3.02. The number of likely N-dealkylation sites (tertiary alicyclic amines) is 1. The van der Waals surface area contributed by atoms with Crippen LogP contribution in [-0.2, 0) is 9.53 Å². The van der Waals surface area contributed by atoms with E-state index in [0.29, 0.717) is 31.3 Å². The molecule has 0 bridgehead atoms. The fraction of sp³-hybridized carbons (Fsp3) is 0.444. The quantitative estimate of drug-likeness (QED) is 0.911. The van der Waals surface area contributed by atoms with Crippen molar-refractivity contribution in [2.75, 3.05) is 33.4 Å². The van der Waals surface area contributed by atoms with Crippen LogP contribution in [0, 0.1) is 5.92 Å². The Hall–Kier alpha value is -2.34. The summed E-state index contributed by atoms with van der Waals surface area (Å²) in [4.78, 5) is 25.8. The number of nitrogens with zero attached hydrogens (tertiary/aromatic N) is 1. The highest BCUT2D eigenvalue weighted by molar-refractivity contribution is 5.96. The number of amides is 2. The average Bonchev–Trinajstić information content (AvgIpc) is 3.04. The van der Waals surface area contributed by atoms with Crippen LogP contribution in [-0.4, -0.2) is 50.1 Å². The fourth-order valence-electron chi connectivity index (χ4n) is 3.02. The van der Waals surface area contributed by atoms with Crippen molar-refractivity contribution >= 4 is 22.8 Å². The predicted molar refractivity (Wildman–Crippen MR) is 89.7 cm³/mol. The van der Waals surface area contributed by atoms with Gasteiger partial charge in [-0.05, 0) is 30.9 Å². The van der Waals surface area contributed by atoms with Gasteiger partial charge in [-0.3, -0.25) is 9.59 Å². The lowest BCUT2D eigenvalue weighted by Crippen LogP contribution is -2.41. The first-order valence-corrected chi connectivity index (χ1v) is 8.21. The molecule has 0 spiro atoms. The van der Waals surface area contributed by atoms with E-state index in [2.05, 4.69) is 5.32 Å². The second kappa shape index (κ2) is 7.49. The van der Waals surface area contributed by atoms with Gasteiger partial charge in [0.25, 0.3) is 5.91 Å². The molecule has 24 heavy (non-hydrogen) atoms. The monoisotopic (exact) mass is 330 g/mol. The van der Waals surface area contributed by atoms with Crippen LogP contribution >= 0.6 is 0 Å². The number of hydrogen-bond donors (Lipinski definition) is 1. The van der Waals surface area contributed by atoms with E-state index < -0.39 is 0 Å². The van der Waals surface area contributed by atoms with Gasteiger partial charge in [-0.25, -0.2) is 0 Å². The molecule has 1 aliphatic heterocycles. The summed E-state index contributed by atoms with van der Waals surface area (Å²) in [5.41, 5.74) is 0.733. The molecule has 0 saturated carbocycles. The second-order valence-corrected chi connectivity index (χ2v) is 6.12. The summed E-state index contributed by atoms with van der Waals surface area (Å²) in [6.45, 7) is 2.08. The summed E-state index contributed by atoms with van der Waals surface area (Å²) in [5.74, 6) is 0.625. The zero-order chi connectivity index (χ0) is 16.9. The number of carbonyl (C=O) groups is 2. The Morgan fingerprint density at radius 3 is 2.75 bits per heavy atom. The third kappa shape index (κ3) is 3.76. The Kier molecular flexibility index (Phi) is 5.15. The predicted octanol–water partition coefficient (Wildman–Crippen LogP) is 2.05. The van der Waals surface area contributed by atoms with Crippen molar-refractivity contribution in [3.63, 3.8) is 0 Å². The topological polar surface area (TPSA) is 71.8 Å². The van der Waals surface area contributed by atoms with Gasteiger partial charge >= 0.3 is 0 Å². The van der Waals surface area contributed by atoms with Crippen LogP contribution in [0.2, 0.25) is 0 Å². The van der Waals surface area contributed by atoms with E-state index in [-0.39, 0.29) is 18.4 Å². The van der Waals surface area contributed by atoms with Crippen LogP contribution in [0.1, 0.15) is 23.4 Å².